The topological polar surface area (TPSA) is 102 Å². The normalized spacial score (nSPS) is 14.3. The van der Waals surface area contributed by atoms with E-state index in [1.54, 1.807) is 34.2 Å². The Morgan fingerprint density at radius 2 is 1.85 bits per heavy atom. The average Bonchev–Trinajstić information content (AvgIpc) is 3.28. The molecule has 1 aliphatic rings. The molecule has 3 aromatic rings. The number of carbonyl (C=O) groups is 1. The number of aromatic nitrogens is 6. The number of methoxy groups -OCH3 is 1. The standard InChI is InChI=1S/C17H18N8O2/c1-27-16-13(3-2-6-19-16)17(26)24-9-7-23(8-10-24)14-4-5-15(22-21-14)25-12-18-11-20-25/h2-6,11-12H,7-10H2,1H3. The maximum absolute atomic E-state index is 12.7. The molecule has 0 spiro atoms. The molecule has 0 atom stereocenters. The molecule has 0 unspecified atom stereocenters. The van der Waals surface area contributed by atoms with E-state index in [1.165, 1.54) is 13.4 Å². The molecule has 1 aliphatic heterocycles. The first-order valence-electron chi connectivity index (χ1n) is 8.48. The van der Waals surface area contributed by atoms with Crippen molar-refractivity contribution in [3.8, 4) is 11.7 Å². The van der Waals surface area contributed by atoms with Gasteiger partial charge < -0.3 is 14.5 Å². The van der Waals surface area contributed by atoms with E-state index in [0.29, 0.717) is 43.4 Å². The molecular weight excluding hydrogens is 348 g/mol. The van der Waals surface area contributed by atoms with Crippen LogP contribution in [-0.2, 0) is 0 Å². The van der Waals surface area contributed by atoms with E-state index in [4.69, 9.17) is 4.74 Å². The third-order valence-corrected chi connectivity index (χ3v) is 4.38. The molecule has 4 rings (SSSR count). The van der Waals surface area contributed by atoms with Crippen molar-refractivity contribution >= 4 is 11.7 Å². The zero-order valence-electron chi connectivity index (χ0n) is 14.8. The van der Waals surface area contributed by atoms with Crippen molar-refractivity contribution < 1.29 is 9.53 Å². The van der Waals surface area contributed by atoms with Crippen molar-refractivity contribution in [2.45, 2.75) is 0 Å². The summed E-state index contributed by atoms with van der Waals surface area (Å²) in [5.41, 5.74) is 0.477. The SMILES string of the molecule is COc1ncccc1C(=O)N1CCN(c2ccc(-n3cncn3)nn2)CC1. The van der Waals surface area contributed by atoms with E-state index >= 15 is 0 Å². The summed E-state index contributed by atoms with van der Waals surface area (Å²) < 4.78 is 6.74. The fourth-order valence-corrected chi connectivity index (χ4v) is 2.96. The Labute approximate surface area is 155 Å². The lowest BCUT2D eigenvalue weighted by molar-refractivity contribution is 0.0742. The molecule has 1 saturated heterocycles. The van der Waals surface area contributed by atoms with Crippen molar-refractivity contribution in [2.75, 3.05) is 38.2 Å². The molecule has 0 N–H and O–H groups in total. The Kier molecular flexibility index (Phi) is 4.60. The van der Waals surface area contributed by atoms with Gasteiger partial charge in [0.2, 0.25) is 5.88 Å². The minimum atomic E-state index is -0.0767. The Bertz CT molecular complexity index is 905. The average molecular weight is 366 g/mol. The van der Waals surface area contributed by atoms with Crippen molar-refractivity contribution in [3.05, 3.63) is 48.7 Å². The number of amides is 1. The Hall–Kier alpha value is -3.56. The first-order chi connectivity index (χ1) is 13.3. The Morgan fingerprint density at radius 3 is 2.52 bits per heavy atom. The molecule has 0 radical (unpaired) electrons. The predicted octanol–water partition coefficient (Wildman–Crippen LogP) is 0.423. The molecule has 10 heteroatoms. The van der Waals surface area contributed by atoms with Crippen LogP contribution in [0.15, 0.2) is 43.1 Å². The number of piperazine rings is 1. The molecule has 27 heavy (non-hydrogen) atoms. The maximum Gasteiger partial charge on any atom is 0.259 e. The van der Waals surface area contributed by atoms with Crippen LogP contribution in [0.25, 0.3) is 5.82 Å². The van der Waals surface area contributed by atoms with E-state index in [-0.39, 0.29) is 5.91 Å². The number of rotatable bonds is 4. The van der Waals surface area contributed by atoms with Gasteiger partial charge >= 0.3 is 0 Å². The van der Waals surface area contributed by atoms with Crippen LogP contribution in [0.5, 0.6) is 5.88 Å². The van der Waals surface area contributed by atoms with Crippen LogP contribution in [0.4, 0.5) is 5.82 Å². The van der Waals surface area contributed by atoms with Crippen molar-refractivity contribution in [3.63, 3.8) is 0 Å². The fraction of sp³-hybridized carbons (Fsp3) is 0.294. The number of ether oxygens (including phenoxy) is 1. The van der Waals surface area contributed by atoms with Crippen LogP contribution in [0.3, 0.4) is 0 Å². The molecule has 3 aromatic heterocycles. The second-order valence-electron chi connectivity index (χ2n) is 5.93. The predicted molar refractivity (Wildman–Crippen MR) is 95.9 cm³/mol. The third kappa shape index (κ3) is 3.41. The summed E-state index contributed by atoms with van der Waals surface area (Å²) in [6.45, 7) is 2.52. The number of hydrogen-bond acceptors (Lipinski definition) is 8. The van der Waals surface area contributed by atoms with Gasteiger partial charge in [-0.05, 0) is 24.3 Å². The molecular formula is C17H18N8O2. The summed E-state index contributed by atoms with van der Waals surface area (Å²) >= 11 is 0. The minimum absolute atomic E-state index is 0.0767. The number of carbonyl (C=O) groups excluding carboxylic acids is 1. The van der Waals surface area contributed by atoms with Gasteiger partial charge in [-0.3, -0.25) is 4.79 Å². The first-order valence-corrected chi connectivity index (χ1v) is 8.48. The van der Waals surface area contributed by atoms with Crippen LogP contribution in [0.1, 0.15) is 10.4 Å². The lowest BCUT2D eigenvalue weighted by Gasteiger charge is -2.35. The van der Waals surface area contributed by atoms with E-state index in [2.05, 4.69) is 30.2 Å². The van der Waals surface area contributed by atoms with Gasteiger partial charge in [0.05, 0.1) is 7.11 Å². The summed E-state index contributed by atoms with van der Waals surface area (Å²) in [6.07, 6.45) is 4.62. The van der Waals surface area contributed by atoms with Gasteiger partial charge in [-0.1, -0.05) is 0 Å². The summed E-state index contributed by atoms with van der Waals surface area (Å²) in [7, 11) is 1.51. The quantitative estimate of drug-likeness (QED) is 0.655. The van der Waals surface area contributed by atoms with Gasteiger partial charge in [-0.15, -0.1) is 10.2 Å². The van der Waals surface area contributed by atoms with Gasteiger partial charge in [-0.25, -0.2) is 14.6 Å². The summed E-state index contributed by atoms with van der Waals surface area (Å²) in [5, 5.41) is 12.5. The third-order valence-electron chi connectivity index (χ3n) is 4.38. The molecule has 0 saturated carbocycles. The number of anilines is 1. The first kappa shape index (κ1) is 16.9. The lowest BCUT2D eigenvalue weighted by atomic mass is 10.2. The van der Waals surface area contributed by atoms with Crippen LogP contribution in [0, 0.1) is 0 Å². The van der Waals surface area contributed by atoms with Gasteiger partial charge in [-0.2, -0.15) is 5.10 Å². The highest BCUT2D eigenvalue weighted by atomic mass is 16.5. The van der Waals surface area contributed by atoms with Gasteiger partial charge in [0, 0.05) is 32.4 Å². The Morgan fingerprint density at radius 1 is 1.07 bits per heavy atom. The van der Waals surface area contributed by atoms with E-state index < -0.39 is 0 Å². The molecule has 10 nitrogen and oxygen atoms in total. The molecule has 0 aliphatic carbocycles. The molecule has 0 aromatic carbocycles. The highest BCUT2D eigenvalue weighted by molar-refractivity contribution is 5.96. The smallest absolute Gasteiger partial charge is 0.259 e. The van der Waals surface area contributed by atoms with Crippen LogP contribution >= 0.6 is 0 Å². The summed E-state index contributed by atoms with van der Waals surface area (Å²) in [6, 6.07) is 7.20. The highest BCUT2D eigenvalue weighted by Crippen LogP contribution is 2.19. The molecule has 0 bridgehead atoms. The zero-order valence-corrected chi connectivity index (χ0v) is 14.8. The van der Waals surface area contributed by atoms with Crippen molar-refractivity contribution in [2.24, 2.45) is 0 Å². The summed E-state index contributed by atoms with van der Waals surface area (Å²) in [4.78, 5) is 24.6. The van der Waals surface area contributed by atoms with E-state index in [0.717, 1.165) is 5.82 Å². The van der Waals surface area contributed by atoms with Gasteiger partial charge in [0.25, 0.3) is 5.91 Å². The molecule has 138 valence electrons. The van der Waals surface area contributed by atoms with Crippen LogP contribution in [-0.4, -0.2) is 74.0 Å². The Balaban J connectivity index is 1.41. The molecule has 1 amide bonds. The van der Waals surface area contributed by atoms with E-state index in [1.807, 2.05) is 12.1 Å². The van der Waals surface area contributed by atoms with Crippen molar-refractivity contribution in [1.82, 2.24) is 34.8 Å². The second kappa shape index (κ2) is 7.36. The van der Waals surface area contributed by atoms with Crippen molar-refractivity contribution in [1.29, 1.82) is 0 Å². The molecule has 1 fully saturated rings. The largest absolute Gasteiger partial charge is 0.480 e. The number of hydrogen-bond donors (Lipinski definition) is 0. The zero-order chi connectivity index (χ0) is 18.6. The number of nitrogens with zero attached hydrogens (tertiary/aromatic N) is 8. The maximum atomic E-state index is 12.7. The fourth-order valence-electron chi connectivity index (χ4n) is 2.96. The van der Waals surface area contributed by atoms with Crippen LogP contribution < -0.4 is 9.64 Å². The lowest BCUT2D eigenvalue weighted by Crippen LogP contribution is -2.49. The van der Waals surface area contributed by atoms with E-state index in [9.17, 15) is 4.79 Å². The highest BCUT2D eigenvalue weighted by Gasteiger charge is 2.25. The number of pyridine rings is 1. The monoisotopic (exact) mass is 366 g/mol. The second-order valence-corrected chi connectivity index (χ2v) is 5.93. The summed E-state index contributed by atoms with van der Waals surface area (Å²) in [5.74, 6) is 1.64. The molecule has 4 heterocycles. The van der Waals surface area contributed by atoms with Crippen LogP contribution in [0.2, 0.25) is 0 Å². The van der Waals surface area contributed by atoms with Gasteiger partial charge in [0.1, 0.15) is 18.2 Å². The van der Waals surface area contributed by atoms with Gasteiger partial charge in [0.15, 0.2) is 11.6 Å². The minimum Gasteiger partial charge on any atom is -0.480 e.